The molecule has 1 atom stereocenters. The van der Waals surface area contributed by atoms with Crippen LogP contribution in [0.2, 0.25) is 0 Å². The lowest BCUT2D eigenvalue weighted by atomic mass is 9.99. The van der Waals surface area contributed by atoms with Crippen molar-refractivity contribution in [3.8, 4) is 0 Å². The Bertz CT molecular complexity index is 886. The van der Waals surface area contributed by atoms with Crippen molar-refractivity contribution >= 4 is 23.4 Å². The highest BCUT2D eigenvalue weighted by molar-refractivity contribution is 5.95. The highest BCUT2D eigenvalue weighted by Crippen LogP contribution is 2.28. The predicted octanol–water partition coefficient (Wildman–Crippen LogP) is 3.72. The number of rotatable bonds is 3. The van der Waals surface area contributed by atoms with Gasteiger partial charge in [0.15, 0.2) is 0 Å². The Morgan fingerprint density at radius 2 is 1.89 bits per heavy atom. The maximum atomic E-state index is 13.1. The van der Waals surface area contributed by atoms with Crippen LogP contribution in [-0.4, -0.2) is 55.1 Å². The molecule has 0 aromatic heterocycles. The van der Waals surface area contributed by atoms with Crippen LogP contribution in [-0.2, 0) is 0 Å². The Labute approximate surface area is 163 Å². The molecule has 0 spiro atoms. The Kier molecular flexibility index (Phi) is 4.90. The number of nitrogens with one attached hydrogen (secondary N) is 1. The van der Waals surface area contributed by atoms with E-state index in [1.807, 2.05) is 24.3 Å². The van der Waals surface area contributed by atoms with Gasteiger partial charge in [-0.05, 0) is 42.3 Å². The highest BCUT2D eigenvalue weighted by Gasteiger charge is 2.28. The average molecular weight is 382 g/mol. The van der Waals surface area contributed by atoms with Crippen molar-refractivity contribution in [3.63, 3.8) is 0 Å². The van der Waals surface area contributed by atoms with Crippen LogP contribution < -0.4 is 10.2 Å². The Morgan fingerprint density at radius 3 is 2.61 bits per heavy atom. The Morgan fingerprint density at radius 1 is 1.11 bits per heavy atom. The predicted molar refractivity (Wildman–Crippen MR) is 106 cm³/mol. The van der Waals surface area contributed by atoms with Gasteiger partial charge in [-0.1, -0.05) is 18.2 Å². The van der Waals surface area contributed by atoms with Crippen molar-refractivity contribution in [2.24, 2.45) is 0 Å². The SMILES string of the molecule is CN1CCN(c2cccc(NC(=O)N3CC[C@@H](c4ccc(F)cc4)C3)c2)C1=O. The number of carbonyl (C=O) groups is 2. The van der Waals surface area contributed by atoms with Gasteiger partial charge in [0.1, 0.15) is 5.82 Å². The fraction of sp³-hybridized carbons (Fsp3) is 0.333. The second kappa shape index (κ2) is 7.50. The largest absolute Gasteiger partial charge is 0.326 e. The maximum absolute atomic E-state index is 13.1. The Hall–Kier alpha value is -3.09. The fourth-order valence-electron chi connectivity index (χ4n) is 3.79. The number of carbonyl (C=O) groups excluding carboxylic acids is 2. The van der Waals surface area contributed by atoms with Gasteiger partial charge >= 0.3 is 12.1 Å². The average Bonchev–Trinajstić information content (AvgIpc) is 3.31. The van der Waals surface area contributed by atoms with Gasteiger partial charge in [0.2, 0.25) is 0 Å². The van der Waals surface area contributed by atoms with Crippen LogP contribution in [0.3, 0.4) is 0 Å². The molecule has 146 valence electrons. The summed E-state index contributed by atoms with van der Waals surface area (Å²) in [7, 11) is 1.78. The minimum atomic E-state index is -0.251. The first-order valence-electron chi connectivity index (χ1n) is 9.45. The fourth-order valence-corrected chi connectivity index (χ4v) is 3.79. The monoisotopic (exact) mass is 382 g/mol. The topological polar surface area (TPSA) is 55.9 Å². The van der Waals surface area contributed by atoms with Crippen molar-refractivity contribution < 1.29 is 14.0 Å². The molecular weight excluding hydrogens is 359 g/mol. The minimum absolute atomic E-state index is 0.0369. The number of likely N-dealkylation sites (tertiary alicyclic amines) is 1. The molecule has 2 aromatic rings. The number of urea groups is 2. The molecule has 2 fully saturated rings. The molecule has 0 aliphatic carbocycles. The molecule has 2 aromatic carbocycles. The number of benzene rings is 2. The van der Waals surface area contributed by atoms with Crippen LogP contribution in [0.25, 0.3) is 0 Å². The molecule has 4 rings (SSSR count). The van der Waals surface area contributed by atoms with Gasteiger partial charge in [0.25, 0.3) is 0 Å². The molecule has 2 heterocycles. The number of nitrogens with zero attached hydrogens (tertiary/aromatic N) is 3. The quantitative estimate of drug-likeness (QED) is 0.880. The van der Waals surface area contributed by atoms with Crippen LogP contribution in [0, 0.1) is 5.82 Å². The van der Waals surface area contributed by atoms with Gasteiger partial charge in [-0.3, -0.25) is 4.90 Å². The van der Waals surface area contributed by atoms with E-state index < -0.39 is 0 Å². The summed E-state index contributed by atoms with van der Waals surface area (Å²) in [5.74, 6) is -0.0330. The normalized spacial score (nSPS) is 19.4. The third-order valence-electron chi connectivity index (χ3n) is 5.44. The zero-order valence-electron chi connectivity index (χ0n) is 15.8. The van der Waals surface area contributed by atoms with Gasteiger partial charge in [-0.25, -0.2) is 14.0 Å². The highest BCUT2D eigenvalue weighted by atomic mass is 19.1. The molecule has 0 saturated carbocycles. The van der Waals surface area contributed by atoms with E-state index >= 15 is 0 Å². The van der Waals surface area contributed by atoms with Gasteiger partial charge in [-0.2, -0.15) is 0 Å². The van der Waals surface area contributed by atoms with Gasteiger partial charge in [0.05, 0.1) is 0 Å². The smallest absolute Gasteiger partial charge is 0.324 e. The van der Waals surface area contributed by atoms with E-state index in [9.17, 15) is 14.0 Å². The molecule has 0 unspecified atom stereocenters. The van der Waals surface area contributed by atoms with Crippen LogP contribution in [0.4, 0.5) is 25.4 Å². The van der Waals surface area contributed by atoms with Crippen molar-refractivity contribution in [2.45, 2.75) is 12.3 Å². The van der Waals surface area contributed by atoms with Gasteiger partial charge in [0, 0.05) is 50.5 Å². The second-order valence-electron chi connectivity index (χ2n) is 7.32. The summed E-state index contributed by atoms with van der Waals surface area (Å²) in [6.07, 6.45) is 0.855. The zero-order chi connectivity index (χ0) is 19.7. The molecule has 1 N–H and O–H groups in total. The molecule has 0 radical (unpaired) electrons. The number of hydrogen-bond donors (Lipinski definition) is 1. The second-order valence-corrected chi connectivity index (χ2v) is 7.32. The number of amides is 4. The summed E-state index contributed by atoms with van der Waals surface area (Å²) in [6, 6.07) is 13.6. The number of anilines is 2. The van der Waals surface area contributed by atoms with Gasteiger partial charge in [-0.15, -0.1) is 0 Å². The lowest BCUT2D eigenvalue weighted by Crippen LogP contribution is -2.33. The summed E-state index contributed by atoms with van der Waals surface area (Å²) in [5, 5.41) is 2.93. The minimum Gasteiger partial charge on any atom is -0.326 e. The molecule has 2 aliphatic rings. The summed E-state index contributed by atoms with van der Waals surface area (Å²) in [6.45, 7) is 2.59. The van der Waals surface area contributed by atoms with E-state index in [0.29, 0.717) is 31.9 Å². The number of likely N-dealkylation sites (N-methyl/N-ethyl adjacent to an activating group) is 1. The summed E-state index contributed by atoms with van der Waals surface area (Å²) < 4.78 is 13.1. The molecule has 4 amide bonds. The number of halogens is 1. The lowest BCUT2D eigenvalue weighted by Gasteiger charge is -2.20. The first kappa shape index (κ1) is 18.3. The first-order valence-corrected chi connectivity index (χ1v) is 9.45. The Balaban J connectivity index is 1.40. The molecule has 7 heteroatoms. The van der Waals surface area contributed by atoms with Crippen LogP contribution in [0.15, 0.2) is 48.5 Å². The van der Waals surface area contributed by atoms with Crippen molar-refractivity contribution in [2.75, 3.05) is 43.4 Å². The molecule has 0 bridgehead atoms. The molecule has 2 saturated heterocycles. The summed E-state index contributed by atoms with van der Waals surface area (Å²) in [5.41, 5.74) is 2.49. The van der Waals surface area contributed by atoms with E-state index in [1.165, 1.54) is 12.1 Å². The number of hydrogen-bond acceptors (Lipinski definition) is 2. The van der Waals surface area contributed by atoms with E-state index in [-0.39, 0.29) is 23.8 Å². The third kappa shape index (κ3) is 3.65. The third-order valence-corrected chi connectivity index (χ3v) is 5.44. The van der Waals surface area contributed by atoms with E-state index in [1.54, 1.807) is 33.9 Å². The van der Waals surface area contributed by atoms with E-state index in [2.05, 4.69) is 5.32 Å². The summed E-state index contributed by atoms with van der Waals surface area (Å²) >= 11 is 0. The summed E-state index contributed by atoms with van der Waals surface area (Å²) in [4.78, 5) is 30.0. The maximum Gasteiger partial charge on any atom is 0.324 e. The van der Waals surface area contributed by atoms with Crippen molar-refractivity contribution in [1.82, 2.24) is 9.80 Å². The van der Waals surface area contributed by atoms with Gasteiger partial charge < -0.3 is 15.1 Å². The first-order chi connectivity index (χ1) is 13.5. The van der Waals surface area contributed by atoms with Crippen LogP contribution in [0.5, 0.6) is 0 Å². The molecule has 2 aliphatic heterocycles. The molecule has 28 heavy (non-hydrogen) atoms. The standard InChI is InChI=1S/C21H23FN4O2/c1-24-11-12-26(21(24)28)19-4-2-3-18(13-19)23-20(27)25-10-9-16(14-25)15-5-7-17(22)8-6-15/h2-8,13,16H,9-12,14H2,1H3,(H,23,27)/t16-/m1/s1. The lowest BCUT2D eigenvalue weighted by molar-refractivity contribution is 0.222. The van der Waals surface area contributed by atoms with E-state index in [0.717, 1.165) is 17.7 Å². The zero-order valence-corrected chi connectivity index (χ0v) is 15.8. The molecular formula is C21H23FN4O2. The van der Waals surface area contributed by atoms with E-state index in [4.69, 9.17) is 0 Å². The van der Waals surface area contributed by atoms with Crippen molar-refractivity contribution in [3.05, 3.63) is 59.9 Å². The van der Waals surface area contributed by atoms with Crippen molar-refractivity contribution in [1.29, 1.82) is 0 Å². The van der Waals surface area contributed by atoms with Crippen LogP contribution in [0.1, 0.15) is 17.9 Å². The molecule has 6 nitrogen and oxygen atoms in total. The van der Waals surface area contributed by atoms with Crippen LogP contribution >= 0.6 is 0 Å².